The van der Waals surface area contributed by atoms with Crippen LogP contribution in [-0.2, 0) is 13.0 Å². The van der Waals surface area contributed by atoms with Crippen LogP contribution >= 0.6 is 0 Å². The minimum absolute atomic E-state index is 0.601. The zero-order valence-electron chi connectivity index (χ0n) is 15.5. The Morgan fingerprint density at radius 3 is 2.77 bits per heavy atom. The van der Waals surface area contributed by atoms with Crippen molar-refractivity contribution in [3.05, 3.63) is 59.1 Å². The Labute approximate surface area is 153 Å². The highest BCUT2D eigenvalue weighted by Gasteiger charge is 2.08. The maximum Gasteiger partial charge on any atom is 0.191 e. The third-order valence-corrected chi connectivity index (χ3v) is 4.34. The lowest BCUT2D eigenvalue weighted by molar-refractivity contribution is 0.392. The van der Waals surface area contributed by atoms with E-state index in [4.69, 9.17) is 9.52 Å². The maximum absolute atomic E-state index is 5.22. The first kappa shape index (κ1) is 17.9. The largest absolute Gasteiger partial charge is 0.361 e. The molecule has 0 radical (unpaired) electrons. The molecule has 3 rings (SSSR count). The van der Waals surface area contributed by atoms with Crippen molar-refractivity contribution in [1.82, 2.24) is 20.8 Å². The molecule has 0 fully saturated rings. The Kier molecular flexibility index (Phi) is 5.84. The van der Waals surface area contributed by atoms with E-state index in [0.29, 0.717) is 6.54 Å². The molecule has 2 aromatic heterocycles. The SMILES string of the molecule is CCNC(=NCc1ccnc2ccccc12)NCCc1c(C)noc1C. The number of benzene rings is 1. The first-order valence-electron chi connectivity index (χ1n) is 8.95. The highest BCUT2D eigenvalue weighted by molar-refractivity contribution is 5.83. The van der Waals surface area contributed by atoms with E-state index >= 15 is 0 Å². The molecule has 3 aromatic rings. The average Bonchev–Trinajstić information content (AvgIpc) is 2.98. The van der Waals surface area contributed by atoms with E-state index < -0.39 is 0 Å². The molecule has 0 aliphatic heterocycles. The van der Waals surface area contributed by atoms with Gasteiger partial charge in [-0.15, -0.1) is 0 Å². The third-order valence-electron chi connectivity index (χ3n) is 4.34. The summed E-state index contributed by atoms with van der Waals surface area (Å²) < 4.78 is 5.22. The molecule has 6 nitrogen and oxygen atoms in total. The van der Waals surface area contributed by atoms with Crippen molar-refractivity contribution < 1.29 is 4.52 Å². The topological polar surface area (TPSA) is 75.3 Å². The number of para-hydroxylation sites is 1. The number of hydrogen-bond acceptors (Lipinski definition) is 4. The smallest absolute Gasteiger partial charge is 0.191 e. The summed E-state index contributed by atoms with van der Waals surface area (Å²) >= 11 is 0. The van der Waals surface area contributed by atoms with E-state index in [1.807, 2.05) is 44.3 Å². The Hall–Kier alpha value is -2.89. The van der Waals surface area contributed by atoms with Crippen LogP contribution in [0.2, 0.25) is 0 Å². The van der Waals surface area contributed by atoms with Gasteiger partial charge < -0.3 is 15.2 Å². The fourth-order valence-electron chi connectivity index (χ4n) is 2.96. The van der Waals surface area contributed by atoms with Gasteiger partial charge in [0.2, 0.25) is 0 Å². The minimum atomic E-state index is 0.601. The Balaban J connectivity index is 1.67. The number of hydrogen-bond donors (Lipinski definition) is 2. The fraction of sp³-hybridized carbons (Fsp3) is 0.350. The van der Waals surface area contributed by atoms with Gasteiger partial charge in [-0.05, 0) is 44.9 Å². The molecule has 1 aromatic carbocycles. The highest BCUT2D eigenvalue weighted by Crippen LogP contribution is 2.17. The predicted molar refractivity (Wildman–Crippen MR) is 104 cm³/mol. The van der Waals surface area contributed by atoms with Gasteiger partial charge >= 0.3 is 0 Å². The summed E-state index contributed by atoms with van der Waals surface area (Å²) in [6.07, 6.45) is 2.69. The van der Waals surface area contributed by atoms with Crippen molar-refractivity contribution in [2.75, 3.05) is 13.1 Å². The second-order valence-corrected chi connectivity index (χ2v) is 6.16. The molecule has 2 heterocycles. The lowest BCUT2D eigenvalue weighted by atomic mass is 10.1. The molecule has 0 atom stereocenters. The van der Waals surface area contributed by atoms with Crippen LogP contribution in [0.25, 0.3) is 10.9 Å². The predicted octanol–water partition coefficient (Wildman–Crippen LogP) is 3.14. The van der Waals surface area contributed by atoms with Crippen LogP contribution in [0.5, 0.6) is 0 Å². The third kappa shape index (κ3) is 4.20. The standard InChI is InChI=1S/C20H25N5O/c1-4-21-20(23-12-10-17-14(2)25-26-15(17)3)24-13-16-9-11-22-19-8-6-5-7-18(16)19/h5-9,11H,4,10,12-13H2,1-3H3,(H2,21,23,24). The van der Waals surface area contributed by atoms with Crippen LogP contribution in [0.4, 0.5) is 0 Å². The van der Waals surface area contributed by atoms with Gasteiger partial charge in [0.15, 0.2) is 5.96 Å². The van der Waals surface area contributed by atoms with Crippen molar-refractivity contribution >= 4 is 16.9 Å². The number of aliphatic imine (C=N–C) groups is 1. The average molecular weight is 351 g/mol. The zero-order valence-corrected chi connectivity index (χ0v) is 15.5. The number of fused-ring (bicyclic) bond motifs is 1. The van der Waals surface area contributed by atoms with Gasteiger partial charge in [0.05, 0.1) is 17.8 Å². The van der Waals surface area contributed by atoms with Crippen LogP contribution in [0.1, 0.15) is 29.5 Å². The van der Waals surface area contributed by atoms with Crippen LogP contribution in [0.3, 0.4) is 0 Å². The van der Waals surface area contributed by atoms with E-state index in [-0.39, 0.29) is 0 Å². The summed E-state index contributed by atoms with van der Waals surface area (Å²) in [5.41, 5.74) is 4.28. The van der Waals surface area contributed by atoms with Crippen molar-refractivity contribution in [2.24, 2.45) is 4.99 Å². The second-order valence-electron chi connectivity index (χ2n) is 6.16. The van der Waals surface area contributed by atoms with Crippen LogP contribution in [0, 0.1) is 13.8 Å². The van der Waals surface area contributed by atoms with Crippen molar-refractivity contribution in [2.45, 2.75) is 33.7 Å². The molecular weight excluding hydrogens is 326 g/mol. The monoisotopic (exact) mass is 351 g/mol. The number of aromatic nitrogens is 2. The molecule has 0 amide bonds. The minimum Gasteiger partial charge on any atom is -0.361 e. The van der Waals surface area contributed by atoms with E-state index in [9.17, 15) is 0 Å². The molecule has 6 heteroatoms. The number of aryl methyl sites for hydroxylation is 2. The number of pyridine rings is 1. The molecule has 2 N–H and O–H groups in total. The van der Waals surface area contributed by atoms with Crippen LogP contribution in [-0.4, -0.2) is 29.2 Å². The van der Waals surface area contributed by atoms with Gasteiger partial charge in [-0.2, -0.15) is 0 Å². The van der Waals surface area contributed by atoms with Crippen LogP contribution < -0.4 is 10.6 Å². The lowest BCUT2D eigenvalue weighted by Gasteiger charge is -2.11. The maximum atomic E-state index is 5.22. The summed E-state index contributed by atoms with van der Waals surface area (Å²) in [4.78, 5) is 9.13. The summed E-state index contributed by atoms with van der Waals surface area (Å²) in [6, 6.07) is 10.2. The van der Waals surface area contributed by atoms with E-state index in [1.54, 1.807) is 0 Å². The Morgan fingerprint density at radius 2 is 2.00 bits per heavy atom. The summed E-state index contributed by atoms with van der Waals surface area (Å²) in [7, 11) is 0. The second kappa shape index (κ2) is 8.47. The molecule has 0 aliphatic rings. The van der Waals surface area contributed by atoms with Crippen molar-refractivity contribution in [3.8, 4) is 0 Å². The van der Waals surface area contributed by atoms with E-state index in [0.717, 1.165) is 53.4 Å². The van der Waals surface area contributed by atoms with Crippen molar-refractivity contribution in [1.29, 1.82) is 0 Å². The number of rotatable bonds is 6. The van der Waals surface area contributed by atoms with Crippen LogP contribution in [0.15, 0.2) is 46.0 Å². The molecule has 0 saturated heterocycles. The summed E-state index contributed by atoms with van der Waals surface area (Å²) in [5, 5.41) is 11.8. The quantitative estimate of drug-likeness (QED) is 0.527. The first-order chi connectivity index (χ1) is 12.7. The highest BCUT2D eigenvalue weighted by atomic mass is 16.5. The fourth-order valence-corrected chi connectivity index (χ4v) is 2.96. The summed E-state index contributed by atoms with van der Waals surface area (Å²) in [6.45, 7) is 8.17. The van der Waals surface area contributed by atoms with E-state index in [2.05, 4.69) is 33.8 Å². The number of guanidine groups is 1. The van der Waals surface area contributed by atoms with Gasteiger partial charge in [-0.3, -0.25) is 4.98 Å². The Morgan fingerprint density at radius 1 is 1.15 bits per heavy atom. The van der Waals surface area contributed by atoms with Crippen molar-refractivity contribution in [3.63, 3.8) is 0 Å². The van der Waals surface area contributed by atoms with E-state index in [1.165, 1.54) is 5.56 Å². The molecule has 26 heavy (non-hydrogen) atoms. The lowest BCUT2D eigenvalue weighted by Crippen LogP contribution is -2.38. The normalized spacial score (nSPS) is 11.7. The van der Waals surface area contributed by atoms with Gasteiger partial charge in [0.1, 0.15) is 5.76 Å². The Bertz CT molecular complexity index is 875. The molecule has 136 valence electrons. The zero-order chi connectivity index (χ0) is 18.4. The summed E-state index contributed by atoms with van der Waals surface area (Å²) in [5.74, 6) is 1.69. The van der Waals surface area contributed by atoms with Gasteiger partial charge in [-0.1, -0.05) is 23.4 Å². The van der Waals surface area contributed by atoms with Gasteiger partial charge in [0.25, 0.3) is 0 Å². The molecular formula is C20H25N5O. The molecule has 0 unspecified atom stereocenters. The molecule has 0 bridgehead atoms. The first-order valence-corrected chi connectivity index (χ1v) is 8.95. The number of nitrogens with one attached hydrogen (secondary N) is 2. The number of nitrogens with zero attached hydrogens (tertiary/aromatic N) is 3. The molecule has 0 saturated carbocycles. The van der Waals surface area contributed by atoms with Gasteiger partial charge in [0, 0.05) is 30.2 Å². The van der Waals surface area contributed by atoms with Gasteiger partial charge in [-0.25, -0.2) is 4.99 Å². The molecule has 0 aliphatic carbocycles. The molecule has 0 spiro atoms.